The van der Waals surface area contributed by atoms with Gasteiger partial charge in [-0.05, 0) is 39.3 Å². The molecule has 0 aliphatic carbocycles. The van der Waals surface area contributed by atoms with E-state index in [9.17, 15) is 9.59 Å². The highest BCUT2D eigenvalue weighted by Crippen LogP contribution is 2.42. The van der Waals surface area contributed by atoms with Crippen molar-refractivity contribution >= 4 is 28.6 Å². The van der Waals surface area contributed by atoms with E-state index < -0.39 is 17.8 Å². The number of rotatable bonds is 5. The maximum absolute atomic E-state index is 12.8. The molecule has 0 amide bonds. The van der Waals surface area contributed by atoms with Gasteiger partial charge in [-0.3, -0.25) is 9.79 Å². The van der Waals surface area contributed by atoms with E-state index in [4.69, 9.17) is 9.47 Å². The molecule has 1 aromatic heterocycles. The maximum Gasteiger partial charge on any atom is 0.336 e. The Morgan fingerprint density at radius 2 is 1.81 bits per heavy atom. The second-order valence-corrected chi connectivity index (χ2v) is 6.47. The fraction of sp³-hybridized carbons (Fsp3) is 0.381. The summed E-state index contributed by atoms with van der Waals surface area (Å²) in [6.07, 6.45) is 1.85. The van der Waals surface area contributed by atoms with Crippen molar-refractivity contribution in [1.29, 1.82) is 0 Å². The summed E-state index contributed by atoms with van der Waals surface area (Å²) in [6.45, 7) is 7.62. The Morgan fingerprint density at radius 1 is 1.11 bits per heavy atom. The standard InChI is InChI=1S/C21H24N2O4/c1-5-26-20(24)17-12(3)23-13(4)18(21(25)27-6-2)19(17)15-11-22-16-10-8-7-9-14(15)16/h7-11,17,19,22H,5-6H2,1-4H3/t17?,19-/m1/s1. The lowest BCUT2D eigenvalue weighted by molar-refractivity contribution is -0.146. The van der Waals surface area contributed by atoms with Crippen molar-refractivity contribution in [2.75, 3.05) is 13.2 Å². The Labute approximate surface area is 158 Å². The molecule has 2 atom stereocenters. The molecule has 2 heterocycles. The first-order valence-corrected chi connectivity index (χ1v) is 9.15. The van der Waals surface area contributed by atoms with Gasteiger partial charge in [0.2, 0.25) is 0 Å². The third kappa shape index (κ3) is 3.39. The van der Waals surface area contributed by atoms with Crippen LogP contribution in [-0.4, -0.2) is 35.8 Å². The first-order chi connectivity index (χ1) is 13.0. The molecule has 1 aliphatic heterocycles. The predicted octanol–water partition coefficient (Wildman–Crippen LogP) is 3.74. The normalized spacial score (nSPS) is 19.8. The van der Waals surface area contributed by atoms with Gasteiger partial charge in [-0.2, -0.15) is 0 Å². The average molecular weight is 368 g/mol. The summed E-state index contributed by atoms with van der Waals surface area (Å²) in [5, 5.41) is 0.959. The number of aromatic amines is 1. The lowest BCUT2D eigenvalue weighted by atomic mass is 9.75. The summed E-state index contributed by atoms with van der Waals surface area (Å²) in [5.41, 5.74) is 3.41. The zero-order valence-corrected chi connectivity index (χ0v) is 16.0. The van der Waals surface area contributed by atoms with Crippen LogP contribution in [0.3, 0.4) is 0 Å². The van der Waals surface area contributed by atoms with E-state index in [0.29, 0.717) is 17.0 Å². The van der Waals surface area contributed by atoms with Gasteiger partial charge in [0.15, 0.2) is 0 Å². The largest absolute Gasteiger partial charge is 0.465 e. The third-order valence-electron chi connectivity index (χ3n) is 4.82. The minimum absolute atomic E-state index is 0.253. The highest BCUT2D eigenvalue weighted by atomic mass is 16.5. The van der Waals surface area contributed by atoms with Crippen LogP contribution in [0.4, 0.5) is 0 Å². The van der Waals surface area contributed by atoms with E-state index in [1.165, 1.54) is 0 Å². The second kappa shape index (κ2) is 7.78. The number of hydrogen-bond acceptors (Lipinski definition) is 5. The van der Waals surface area contributed by atoms with Crippen molar-refractivity contribution in [3.05, 3.63) is 47.3 Å². The third-order valence-corrected chi connectivity index (χ3v) is 4.82. The number of hydrogen-bond donors (Lipinski definition) is 1. The van der Waals surface area contributed by atoms with Gasteiger partial charge in [0.1, 0.15) is 5.92 Å². The summed E-state index contributed by atoms with van der Waals surface area (Å²) in [4.78, 5) is 33.3. The van der Waals surface area contributed by atoms with Gasteiger partial charge >= 0.3 is 11.9 Å². The van der Waals surface area contributed by atoms with Crippen LogP contribution in [0.25, 0.3) is 10.9 Å². The fourth-order valence-electron chi connectivity index (χ4n) is 3.74. The van der Waals surface area contributed by atoms with Gasteiger partial charge < -0.3 is 14.5 Å². The first-order valence-electron chi connectivity index (χ1n) is 9.15. The lowest BCUT2D eigenvalue weighted by Crippen LogP contribution is -2.36. The van der Waals surface area contributed by atoms with Gasteiger partial charge in [-0.1, -0.05) is 18.2 Å². The molecule has 3 rings (SSSR count). The van der Waals surface area contributed by atoms with Gasteiger partial charge in [-0.15, -0.1) is 0 Å². The predicted molar refractivity (Wildman–Crippen MR) is 104 cm³/mol. The highest BCUT2D eigenvalue weighted by molar-refractivity contribution is 6.07. The molecular formula is C21H24N2O4. The van der Waals surface area contributed by atoms with E-state index in [1.54, 1.807) is 27.7 Å². The molecule has 1 N–H and O–H groups in total. The number of esters is 2. The molecule has 0 radical (unpaired) electrons. The summed E-state index contributed by atoms with van der Waals surface area (Å²) in [5.74, 6) is -2.02. The fourth-order valence-corrected chi connectivity index (χ4v) is 3.74. The first kappa shape index (κ1) is 18.9. The smallest absolute Gasteiger partial charge is 0.336 e. The molecule has 0 fully saturated rings. The number of para-hydroxylation sites is 1. The number of ether oxygens (including phenoxy) is 2. The zero-order chi connectivity index (χ0) is 19.6. The van der Waals surface area contributed by atoms with Crippen LogP contribution in [0.5, 0.6) is 0 Å². The Bertz CT molecular complexity index is 939. The summed E-state index contributed by atoms with van der Waals surface area (Å²) < 4.78 is 10.6. The van der Waals surface area contributed by atoms with E-state index in [2.05, 4.69) is 9.98 Å². The Hall–Kier alpha value is -2.89. The number of allylic oxidation sites excluding steroid dienone is 1. The van der Waals surface area contributed by atoms with Crippen LogP contribution in [0, 0.1) is 5.92 Å². The Kier molecular flexibility index (Phi) is 5.44. The van der Waals surface area contributed by atoms with Crippen molar-refractivity contribution in [1.82, 2.24) is 4.98 Å². The summed E-state index contributed by atoms with van der Waals surface area (Å²) in [7, 11) is 0. The van der Waals surface area contributed by atoms with E-state index in [-0.39, 0.29) is 19.2 Å². The lowest BCUT2D eigenvalue weighted by Gasteiger charge is -2.31. The van der Waals surface area contributed by atoms with Crippen molar-refractivity contribution in [3.63, 3.8) is 0 Å². The molecule has 0 bridgehead atoms. The number of aliphatic imine (C=N–C) groups is 1. The van der Waals surface area contributed by atoms with E-state index in [0.717, 1.165) is 16.5 Å². The van der Waals surface area contributed by atoms with Crippen LogP contribution in [0.15, 0.2) is 46.7 Å². The van der Waals surface area contributed by atoms with Crippen LogP contribution in [-0.2, 0) is 19.1 Å². The highest BCUT2D eigenvalue weighted by Gasteiger charge is 2.43. The van der Waals surface area contributed by atoms with Crippen LogP contribution < -0.4 is 0 Å². The van der Waals surface area contributed by atoms with Crippen molar-refractivity contribution in [2.45, 2.75) is 33.6 Å². The van der Waals surface area contributed by atoms with Gasteiger partial charge in [-0.25, -0.2) is 4.79 Å². The number of carbonyl (C=O) groups excluding carboxylic acids is 2. The average Bonchev–Trinajstić information content (AvgIpc) is 3.05. The minimum atomic E-state index is -0.674. The molecule has 0 spiro atoms. The summed E-state index contributed by atoms with van der Waals surface area (Å²) >= 11 is 0. The molecular weight excluding hydrogens is 344 g/mol. The number of aromatic nitrogens is 1. The van der Waals surface area contributed by atoms with Crippen LogP contribution in [0.1, 0.15) is 39.2 Å². The molecule has 1 unspecified atom stereocenters. The van der Waals surface area contributed by atoms with Crippen molar-refractivity contribution in [3.8, 4) is 0 Å². The molecule has 0 saturated carbocycles. The quantitative estimate of drug-likeness (QED) is 0.815. The van der Waals surface area contributed by atoms with E-state index >= 15 is 0 Å². The van der Waals surface area contributed by atoms with Crippen LogP contribution >= 0.6 is 0 Å². The van der Waals surface area contributed by atoms with Gasteiger partial charge in [0.05, 0.1) is 18.8 Å². The number of fused-ring (bicyclic) bond motifs is 1. The monoisotopic (exact) mass is 368 g/mol. The molecule has 27 heavy (non-hydrogen) atoms. The molecule has 6 heteroatoms. The molecule has 142 valence electrons. The van der Waals surface area contributed by atoms with Gasteiger partial charge in [0.25, 0.3) is 0 Å². The van der Waals surface area contributed by atoms with Crippen molar-refractivity contribution in [2.24, 2.45) is 10.9 Å². The number of benzene rings is 1. The van der Waals surface area contributed by atoms with E-state index in [1.807, 2.05) is 30.5 Å². The molecule has 6 nitrogen and oxygen atoms in total. The Morgan fingerprint density at radius 3 is 2.52 bits per heavy atom. The Balaban J connectivity index is 2.22. The van der Waals surface area contributed by atoms with Crippen molar-refractivity contribution < 1.29 is 19.1 Å². The zero-order valence-electron chi connectivity index (χ0n) is 16.0. The topological polar surface area (TPSA) is 80.8 Å². The number of carbonyl (C=O) groups is 2. The maximum atomic E-state index is 12.8. The number of nitrogens with one attached hydrogen (secondary N) is 1. The van der Waals surface area contributed by atoms with Crippen LogP contribution in [0.2, 0.25) is 0 Å². The number of H-pyrrole nitrogens is 1. The minimum Gasteiger partial charge on any atom is -0.465 e. The SMILES string of the molecule is CCOC(=O)C1=C(C)N=C(C)C(C(=O)OCC)[C@H]1c1c[nH]c2ccccc12. The number of nitrogens with zero attached hydrogens (tertiary/aromatic N) is 1. The van der Waals surface area contributed by atoms with Gasteiger partial charge in [0, 0.05) is 34.4 Å². The molecule has 0 saturated heterocycles. The second-order valence-electron chi connectivity index (χ2n) is 6.47. The molecule has 1 aliphatic rings. The molecule has 1 aromatic carbocycles. The molecule has 2 aromatic rings. The summed E-state index contributed by atoms with van der Waals surface area (Å²) in [6, 6.07) is 7.81.